The zero-order valence-corrected chi connectivity index (χ0v) is 13.3. The number of anilines is 1. The second-order valence-corrected chi connectivity index (χ2v) is 5.72. The molecule has 0 radical (unpaired) electrons. The Morgan fingerprint density at radius 3 is 2.61 bits per heavy atom. The van der Waals surface area contributed by atoms with E-state index in [0.717, 1.165) is 0 Å². The fourth-order valence-electron chi connectivity index (χ4n) is 2.11. The van der Waals surface area contributed by atoms with E-state index in [9.17, 15) is 14.4 Å². The quantitative estimate of drug-likeness (QED) is 0.655. The van der Waals surface area contributed by atoms with Crippen molar-refractivity contribution in [2.24, 2.45) is 5.41 Å². The number of carboxylic acids is 1. The molecule has 0 heterocycles. The van der Waals surface area contributed by atoms with Crippen LogP contribution in [-0.2, 0) is 14.4 Å². The van der Waals surface area contributed by atoms with Gasteiger partial charge in [0.15, 0.2) is 0 Å². The molecule has 1 aliphatic carbocycles. The third kappa shape index (κ3) is 3.92. The number of nitrogens with one attached hydrogen (secondary N) is 2. The van der Waals surface area contributed by atoms with Crippen molar-refractivity contribution < 1.29 is 24.2 Å². The Hall–Kier alpha value is -2.28. The molecule has 2 rings (SSSR count). The summed E-state index contributed by atoms with van der Waals surface area (Å²) >= 11 is 5.87. The van der Waals surface area contributed by atoms with Crippen LogP contribution in [0.25, 0.3) is 0 Å². The molecule has 0 atom stereocenters. The van der Waals surface area contributed by atoms with Crippen molar-refractivity contribution in [1.82, 2.24) is 5.32 Å². The molecular formula is C15H17ClN2O5. The summed E-state index contributed by atoms with van der Waals surface area (Å²) in [5.74, 6) is -1.54. The first kappa shape index (κ1) is 17.1. The molecule has 124 valence electrons. The Balaban J connectivity index is 1.83. The van der Waals surface area contributed by atoms with Gasteiger partial charge in [0.2, 0.25) is 11.8 Å². The number of aliphatic carboxylic acids is 1. The Bertz CT molecular complexity index is 643. The molecule has 1 fully saturated rings. The van der Waals surface area contributed by atoms with E-state index in [-0.39, 0.29) is 18.9 Å². The molecule has 23 heavy (non-hydrogen) atoms. The van der Waals surface area contributed by atoms with Crippen LogP contribution in [0.4, 0.5) is 5.69 Å². The van der Waals surface area contributed by atoms with Crippen molar-refractivity contribution in [3.63, 3.8) is 0 Å². The van der Waals surface area contributed by atoms with E-state index in [1.54, 1.807) is 18.2 Å². The highest BCUT2D eigenvalue weighted by Gasteiger charge is 2.56. The molecule has 1 aromatic rings. The van der Waals surface area contributed by atoms with Gasteiger partial charge in [-0.15, -0.1) is 0 Å². The summed E-state index contributed by atoms with van der Waals surface area (Å²) in [6, 6.07) is 4.82. The molecule has 0 unspecified atom stereocenters. The largest absolute Gasteiger partial charge is 0.495 e. The van der Waals surface area contributed by atoms with Crippen molar-refractivity contribution in [3.05, 3.63) is 23.2 Å². The maximum absolute atomic E-state index is 11.9. The molecule has 7 nitrogen and oxygen atoms in total. The number of hydrogen-bond donors (Lipinski definition) is 3. The van der Waals surface area contributed by atoms with E-state index in [1.807, 2.05) is 0 Å². The number of carboxylic acid groups (broad SMARTS) is 1. The zero-order valence-electron chi connectivity index (χ0n) is 12.5. The minimum atomic E-state index is -1.30. The lowest BCUT2D eigenvalue weighted by molar-refractivity contribution is -0.149. The van der Waals surface area contributed by atoms with Crippen LogP contribution in [0.1, 0.15) is 19.3 Å². The average Bonchev–Trinajstić information content (AvgIpc) is 3.29. The first-order valence-electron chi connectivity index (χ1n) is 7.04. The first-order valence-corrected chi connectivity index (χ1v) is 7.42. The maximum atomic E-state index is 11.9. The lowest BCUT2D eigenvalue weighted by atomic mass is 10.1. The minimum Gasteiger partial charge on any atom is -0.495 e. The second-order valence-electron chi connectivity index (χ2n) is 5.29. The van der Waals surface area contributed by atoms with E-state index >= 15 is 0 Å². The smallest absolute Gasteiger partial charge is 0.319 e. The number of amides is 2. The summed E-state index contributed by atoms with van der Waals surface area (Å²) in [6.07, 6.45) is 0.678. The number of carbonyl (C=O) groups excluding carboxylic acids is 2. The molecule has 0 aliphatic heterocycles. The van der Waals surface area contributed by atoms with Gasteiger partial charge in [0.1, 0.15) is 11.2 Å². The second kappa shape index (κ2) is 6.87. The standard InChI is InChI=1S/C15H17ClN2O5/c1-23-11-3-2-9(16)8-10(11)18-12(19)4-7-17-13(20)15(5-6-15)14(21)22/h2-3,8H,4-7H2,1H3,(H,17,20)(H,18,19)(H,21,22). The average molecular weight is 341 g/mol. The van der Waals surface area contributed by atoms with Gasteiger partial charge in [-0.3, -0.25) is 14.4 Å². The summed E-state index contributed by atoms with van der Waals surface area (Å²) in [7, 11) is 1.47. The number of methoxy groups -OCH3 is 1. The molecule has 8 heteroatoms. The Morgan fingerprint density at radius 1 is 1.35 bits per heavy atom. The highest BCUT2D eigenvalue weighted by atomic mass is 35.5. The first-order chi connectivity index (χ1) is 10.9. The maximum Gasteiger partial charge on any atom is 0.319 e. The number of ether oxygens (including phenoxy) is 1. The number of halogens is 1. The van der Waals surface area contributed by atoms with Gasteiger partial charge in [-0.2, -0.15) is 0 Å². The fraction of sp³-hybridized carbons (Fsp3) is 0.400. The van der Waals surface area contributed by atoms with Crippen LogP contribution in [0.15, 0.2) is 18.2 Å². The zero-order chi connectivity index (χ0) is 17.0. The summed E-state index contributed by atoms with van der Waals surface area (Å²) in [6.45, 7) is 0.0581. The van der Waals surface area contributed by atoms with Crippen molar-refractivity contribution >= 4 is 35.1 Å². The number of hydrogen-bond acceptors (Lipinski definition) is 4. The third-order valence-corrected chi connectivity index (χ3v) is 3.90. The lowest BCUT2D eigenvalue weighted by Crippen LogP contribution is -2.38. The van der Waals surface area contributed by atoms with E-state index < -0.39 is 17.3 Å². The molecule has 0 spiro atoms. The molecule has 3 N–H and O–H groups in total. The van der Waals surface area contributed by atoms with Crippen LogP contribution in [0, 0.1) is 5.41 Å². The van der Waals surface area contributed by atoms with Gasteiger partial charge in [-0.1, -0.05) is 11.6 Å². The van der Waals surface area contributed by atoms with E-state index in [0.29, 0.717) is 29.3 Å². The van der Waals surface area contributed by atoms with Gasteiger partial charge >= 0.3 is 5.97 Å². The SMILES string of the molecule is COc1ccc(Cl)cc1NC(=O)CCNC(=O)C1(C(=O)O)CC1. The lowest BCUT2D eigenvalue weighted by Gasteiger charge is -2.12. The highest BCUT2D eigenvalue weighted by molar-refractivity contribution is 6.31. The summed E-state index contributed by atoms with van der Waals surface area (Å²) in [4.78, 5) is 34.7. The fourth-order valence-corrected chi connectivity index (χ4v) is 2.28. The van der Waals surface area contributed by atoms with Crippen LogP contribution in [-0.4, -0.2) is 36.5 Å². The number of benzene rings is 1. The van der Waals surface area contributed by atoms with Crippen molar-refractivity contribution in [3.8, 4) is 5.75 Å². The summed E-state index contributed by atoms with van der Waals surface area (Å²) in [5.41, 5.74) is -0.868. The van der Waals surface area contributed by atoms with Crippen molar-refractivity contribution in [2.75, 3.05) is 19.0 Å². The van der Waals surface area contributed by atoms with Crippen LogP contribution < -0.4 is 15.4 Å². The van der Waals surface area contributed by atoms with Gasteiger partial charge in [-0.05, 0) is 31.0 Å². The molecule has 1 aromatic carbocycles. The summed E-state index contributed by atoms with van der Waals surface area (Å²) in [5, 5.41) is 14.6. The molecule has 0 aromatic heterocycles. The van der Waals surface area contributed by atoms with E-state index in [1.165, 1.54) is 7.11 Å². The molecule has 1 saturated carbocycles. The summed E-state index contributed by atoms with van der Waals surface area (Å²) < 4.78 is 5.11. The van der Waals surface area contributed by atoms with Crippen LogP contribution in [0.5, 0.6) is 5.75 Å². The van der Waals surface area contributed by atoms with E-state index in [2.05, 4.69) is 10.6 Å². The Morgan fingerprint density at radius 2 is 2.04 bits per heavy atom. The normalized spacial score (nSPS) is 14.7. The number of carbonyl (C=O) groups is 3. The van der Waals surface area contributed by atoms with Gasteiger partial charge in [0, 0.05) is 18.0 Å². The van der Waals surface area contributed by atoms with E-state index in [4.69, 9.17) is 21.4 Å². The van der Waals surface area contributed by atoms with Gasteiger partial charge < -0.3 is 20.5 Å². The highest BCUT2D eigenvalue weighted by Crippen LogP contribution is 2.46. The van der Waals surface area contributed by atoms with Crippen LogP contribution in [0.3, 0.4) is 0 Å². The molecule has 2 amide bonds. The third-order valence-electron chi connectivity index (χ3n) is 3.67. The Kier molecular flexibility index (Phi) is 5.10. The predicted octanol–water partition coefficient (Wildman–Crippen LogP) is 1.66. The van der Waals surface area contributed by atoms with Crippen molar-refractivity contribution in [1.29, 1.82) is 0 Å². The predicted molar refractivity (Wildman–Crippen MR) is 83.6 cm³/mol. The topological polar surface area (TPSA) is 105 Å². The van der Waals surface area contributed by atoms with Gasteiger partial charge in [0.05, 0.1) is 12.8 Å². The van der Waals surface area contributed by atoms with Crippen LogP contribution >= 0.6 is 11.6 Å². The molecule has 0 bridgehead atoms. The monoisotopic (exact) mass is 340 g/mol. The Labute approximate surface area is 138 Å². The molecule has 1 aliphatic rings. The van der Waals surface area contributed by atoms with Crippen molar-refractivity contribution in [2.45, 2.75) is 19.3 Å². The van der Waals surface area contributed by atoms with Gasteiger partial charge in [0.25, 0.3) is 0 Å². The molecule has 0 saturated heterocycles. The molecular weight excluding hydrogens is 324 g/mol. The van der Waals surface area contributed by atoms with Gasteiger partial charge in [-0.25, -0.2) is 0 Å². The minimum absolute atomic E-state index is 0.0110. The number of rotatable bonds is 7. The van der Waals surface area contributed by atoms with Crippen LogP contribution in [0.2, 0.25) is 5.02 Å².